The van der Waals surface area contributed by atoms with Crippen molar-refractivity contribution in [1.29, 1.82) is 0 Å². The van der Waals surface area contributed by atoms with Crippen molar-refractivity contribution in [3.63, 3.8) is 0 Å². The van der Waals surface area contributed by atoms with Gasteiger partial charge in [-0.05, 0) is 38.9 Å². The second kappa shape index (κ2) is 8.34. The molecule has 0 aliphatic rings. The van der Waals surface area contributed by atoms with Gasteiger partial charge in [0.05, 0.1) is 0 Å². The Kier molecular flexibility index (Phi) is 7.96. The van der Waals surface area contributed by atoms with Crippen molar-refractivity contribution in [2.24, 2.45) is 16.3 Å². The molecule has 3 N–H and O–H groups in total. The largest absolute Gasteiger partial charge is 0.409 e. The number of amidine groups is 1. The summed E-state index contributed by atoms with van der Waals surface area (Å²) in [5.41, 5.74) is 5.46. The number of nitrogens with zero attached hydrogens (tertiary/aromatic N) is 2. The summed E-state index contributed by atoms with van der Waals surface area (Å²) >= 11 is 0. The maximum atomic E-state index is 8.69. The number of hydrogen-bond acceptors (Lipinski definition) is 3. The lowest BCUT2D eigenvalue weighted by Crippen LogP contribution is -2.33. The van der Waals surface area contributed by atoms with Crippen molar-refractivity contribution in [3.05, 3.63) is 0 Å². The fourth-order valence-electron chi connectivity index (χ4n) is 1.82. The van der Waals surface area contributed by atoms with E-state index in [-0.39, 0.29) is 5.41 Å². The first-order valence-corrected chi connectivity index (χ1v) is 6.68. The number of unbranched alkanes of at least 4 members (excludes halogenated alkanes) is 1. The third kappa shape index (κ3) is 6.51. The van der Waals surface area contributed by atoms with Crippen LogP contribution in [0.2, 0.25) is 0 Å². The fraction of sp³-hybridized carbons (Fsp3) is 0.923. The van der Waals surface area contributed by atoms with Gasteiger partial charge in [0.25, 0.3) is 0 Å². The Morgan fingerprint density at radius 3 is 2.29 bits per heavy atom. The Bertz CT molecular complexity index is 227. The molecule has 17 heavy (non-hydrogen) atoms. The molecular formula is C13H29N3O. The molecular weight excluding hydrogens is 214 g/mol. The first-order valence-electron chi connectivity index (χ1n) is 6.68. The highest BCUT2D eigenvalue weighted by atomic mass is 16.4. The fourth-order valence-corrected chi connectivity index (χ4v) is 1.82. The molecule has 0 fully saturated rings. The second-order valence-electron chi connectivity index (χ2n) is 5.26. The molecule has 4 nitrogen and oxygen atoms in total. The van der Waals surface area contributed by atoms with E-state index in [1.807, 2.05) is 13.8 Å². The summed E-state index contributed by atoms with van der Waals surface area (Å²) in [7, 11) is 0. The van der Waals surface area contributed by atoms with Crippen molar-refractivity contribution in [3.8, 4) is 0 Å². The van der Waals surface area contributed by atoms with Gasteiger partial charge in [0.2, 0.25) is 0 Å². The third-order valence-corrected chi connectivity index (χ3v) is 3.35. The van der Waals surface area contributed by atoms with Crippen LogP contribution in [0.3, 0.4) is 0 Å². The molecule has 0 bridgehead atoms. The van der Waals surface area contributed by atoms with E-state index >= 15 is 0 Å². The summed E-state index contributed by atoms with van der Waals surface area (Å²) in [5, 5.41) is 11.8. The van der Waals surface area contributed by atoms with Gasteiger partial charge in [0.1, 0.15) is 5.84 Å². The Hall–Kier alpha value is -0.770. The van der Waals surface area contributed by atoms with E-state index in [1.54, 1.807) is 0 Å². The zero-order valence-electron chi connectivity index (χ0n) is 11.9. The molecule has 0 aliphatic carbocycles. The number of hydrogen-bond donors (Lipinski definition) is 2. The van der Waals surface area contributed by atoms with Crippen LogP contribution in [0.25, 0.3) is 0 Å². The first-order chi connectivity index (χ1) is 7.97. The normalized spacial score (nSPS) is 13.4. The van der Waals surface area contributed by atoms with E-state index in [2.05, 4.69) is 23.9 Å². The summed E-state index contributed by atoms with van der Waals surface area (Å²) in [6.45, 7) is 11.8. The monoisotopic (exact) mass is 243 g/mol. The van der Waals surface area contributed by atoms with Crippen LogP contribution in [0.4, 0.5) is 0 Å². The summed E-state index contributed by atoms with van der Waals surface area (Å²) in [5.74, 6) is 0.328. The Labute approximate surface area is 106 Å². The molecule has 0 saturated carbocycles. The molecule has 0 saturated heterocycles. The van der Waals surface area contributed by atoms with Gasteiger partial charge in [0, 0.05) is 5.41 Å². The van der Waals surface area contributed by atoms with Crippen molar-refractivity contribution >= 4 is 5.84 Å². The summed E-state index contributed by atoms with van der Waals surface area (Å²) in [6, 6.07) is 0. The molecule has 4 heteroatoms. The lowest BCUT2D eigenvalue weighted by molar-refractivity contribution is 0.262. The first kappa shape index (κ1) is 16.2. The number of oxime groups is 1. The van der Waals surface area contributed by atoms with E-state index in [4.69, 9.17) is 10.9 Å². The highest BCUT2D eigenvalue weighted by molar-refractivity contribution is 5.85. The number of nitrogens with two attached hydrogens (primary N) is 1. The third-order valence-electron chi connectivity index (χ3n) is 3.35. The van der Waals surface area contributed by atoms with Gasteiger partial charge >= 0.3 is 0 Å². The maximum Gasteiger partial charge on any atom is 0.144 e. The maximum absolute atomic E-state index is 8.69. The van der Waals surface area contributed by atoms with E-state index < -0.39 is 0 Å². The lowest BCUT2D eigenvalue weighted by atomic mass is 9.86. The van der Waals surface area contributed by atoms with Crippen LogP contribution in [0.15, 0.2) is 5.16 Å². The topological polar surface area (TPSA) is 61.8 Å². The standard InChI is InChI=1S/C13H29N3O/c1-5-7-10-16(6-2)11-8-9-13(3,4)12(14)15-17/h17H,5-11H2,1-4H3,(H2,14,15). The SMILES string of the molecule is CCCCN(CC)CCCC(C)(C)C(N)=NO. The van der Waals surface area contributed by atoms with Crippen LogP contribution in [-0.2, 0) is 0 Å². The van der Waals surface area contributed by atoms with Crippen molar-refractivity contribution in [2.75, 3.05) is 19.6 Å². The van der Waals surface area contributed by atoms with Crippen LogP contribution in [0, 0.1) is 5.41 Å². The molecule has 0 rings (SSSR count). The molecule has 102 valence electrons. The zero-order valence-corrected chi connectivity index (χ0v) is 11.9. The van der Waals surface area contributed by atoms with Crippen molar-refractivity contribution in [1.82, 2.24) is 4.90 Å². The molecule has 0 spiro atoms. The Morgan fingerprint density at radius 1 is 1.24 bits per heavy atom. The van der Waals surface area contributed by atoms with E-state index in [1.165, 1.54) is 19.4 Å². The molecule has 0 aromatic rings. The summed E-state index contributed by atoms with van der Waals surface area (Å²) in [6.07, 6.45) is 4.54. The van der Waals surface area contributed by atoms with Crippen LogP contribution in [0.5, 0.6) is 0 Å². The average molecular weight is 243 g/mol. The van der Waals surface area contributed by atoms with Gasteiger partial charge in [0.15, 0.2) is 0 Å². The van der Waals surface area contributed by atoms with Crippen molar-refractivity contribution in [2.45, 2.75) is 53.4 Å². The minimum absolute atomic E-state index is 0.209. The quantitative estimate of drug-likeness (QED) is 0.283. The van der Waals surface area contributed by atoms with Crippen LogP contribution < -0.4 is 5.73 Å². The summed E-state index contributed by atoms with van der Waals surface area (Å²) < 4.78 is 0. The summed E-state index contributed by atoms with van der Waals surface area (Å²) in [4.78, 5) is 2.46. The predicted molar refractivity (Wildman–Crippen MR) is 73.4 cm³/mol. The van der Waals surface area contributed by atoms with Gasteiger partial charge in [-0.1, -0.05) is 39.3 Å². The number of rotatable bonds is 9. The van der Waals surface area contributed by atoms with E-state index in [0.29, 0.717) is 5.84 Å². The molecule has 0 aliphatic heterocycles. The van der Waals surface area contributed by atoms with Gasteiger partial charge in [-0.2, -0.15) is 0 Å². The molecule has 0 unspecified atom stereocenters. The highest BCUT2D eigenvalue weighted by Crippen LogP contribution is 2.22. The van der Waals surface area contributed by atoms with Crippen molar-refractivity contribution < 1.29 is 5.21 Å². The molecule has 0 heterocycles. The molecule has 0 aromatic heterocycles. The van der Waals surface area contributed by atoms with Gasteiger partial charge in [-0.3, -0.25) is 0 Å². The van der Waals surface area contributed by atoms with E-state index in [0.717, 1.165) is 25.9 Å². The average Bonchev–Trinajstić information content (AvgIpc) is 2.32. The minimum Gasteiger partial charge on any atom is -0.409 e. The highest BCUT2D eigenvalue weighted by Gasteiger charge is 2.23. The van der Waals surface area contributed by atoms with E-state index in [9.17, 15) is 0 Å². The smallest absolute Gasteiger partial charge is 0.144 e. The van der Waals surface area contributed by atoms with Gasteiger partial charge in [-0.15, -0.1) is 0 Å². The van der Waals surface area contributed by atoms with Gasteiger partial charge in [-0.25, -0.2) is 0 Å². The Morgan fingerprint density at radius 2 is 1.82 bits per heavy atom. The Balaban J connectivity index is 3.95. The predicted octanol–water partition coefficient (Wildman–Crippen LogP) is 2.66. The molecule has 0 atom stereocenters. The molecule has 0 amide bonds. The van der Waals surface area contributed by atoms with Crippen LogP contribution >= 0.6 is 0 Å². The minimum atomic E-state index is -0.209. The van der Waals surface area contributed by atoms with Gasteiger partial charge < -0.3 is 15.8 Å². The zero-order chi connectivity index (χ0) is 13.3. The lowest BCUT2D eigenvalue weighted by Gasteiger charge is -2.25. The second-order valence-corrected chi connectivity index (χ2v) is 5.26. The molecule has 0 aromatic carbocycles. The molecule has 0 radical (unpaired) electrons. The van der Waals surface area contributed by atoms with Crippen LogP contribution in [0.1, 0.15) is 53.4 Å². The van der Waals surface area contributed by atoms with Crippen LogP contribution in [-0.4, -0.2) is 35.6 Å².